The minimum atomic E-state index is -0.239. The predicted molar refractivity (Wildman–Crippen MR) is 107 cm³/mol. The number of H-pyrrole nitrogens is 1. The van der Waals surface area contributed by atoms with Crippen molar-refractivity contribution in [2.45, 2.75) is 13.0 Å². The summed E-state index contributed by atoms with van der Waals surface area (Å²) in [5, 5.41) is 1.09. The zero-order valence-corrected chi connectivity index (χ0v) is 16.4. The average molecular weight is 399 g/mol. The highest BCUT2D eigenvalue weighted by Gasteiger charge is 2.28. The maximum absolute atomic E-state index is 12.2. The van der Waals surface area contributed by atoms with Crippen LogP contribution in [0.25, 0.3) is 21.6 Å². The zero-order valence-electron chi connectivity index (χ0n) is 15.6. The molecule has 0 bridgehead atoms. The van der Waals surface area contributed by atoms with Crippen LogP contribution < -0.4 is 4.90 Å². The summed E-state index contributed by atoms with van der Waals surface area (Å²) in [4.78, 5) is 25.3. The van der Waals surface area contributed by atoms with Gasteiger partial charge in [0.1, 0.15) is 5.65 Å². The highest BCUT2D eigenvalue weighted by Crippen LogP contribution is 2.32. The Kier molecular flexibility index (Phi) is 4.40. The number of amides is 1. The molecule has 0 unspecified atom stereocenters. The van der Waals surface area contributed by atoms with E-state index in [-0.39, 0.29) is 12.2 Å². The molecule has 2 saturated heterocycles. The molecule has 28 heavy (non-hydrogen) atoms. The van der Waals surface area contributed by atoms with Crippen molar-refractivity contribution in [3.8, 4) is 10.6 Å². The lowest BCUT2D eigenvalue weighted by atomic mass is 10.2. The molecule has 0 aromatic carbocycles. The minimum absolute atomic E-state index is 0.0843. The summed E-state index contributed by atoms with van der Waals surface area (Å²) in [7, 11) is 0. The molecule has 8 nitrogen and oxygen atoms in total. The van der Waals surface area contributed by atoms with Crippen LogP contribution in [-0.2, 0) is 9.47 Å². The Balaban J connectivity index is 1.32. The third-order valence-electron chi connectivity index (χ3n) is 5.16. The quantitative estimate of drug-likeness (QED) is 0.729. The fourth-order valence-corrected chi connectivity index (χ4v) is 4.27. The average Bonchev–Trinajstić information content (AvgIpc) is 3.30. The van der Waals surface area contributed by atoms with Crippen LogP contribution in [0.4, 0.5) is 10.5 Å². The van der Waals surface area contributed by atoms with Gasteiger partial charge in [0.25, 0.3) is 0 Å². The van der Waals surface area contributed by atoms with Crippen molar-refractivity contribution in [1.29, 1.82) is 0 Å². The molecule has 0 aliphatic carbocycles. The minimum Gasteiger partial charge on any atom is -0.441 e. The van der Waals surface area contributed by atoms with Crippen molar-refractivity contribution in [2.75, 3.05) is 44.3 Å². The van der Waals surface area contributed by atoms with E-state index in [1.165, 1.54) is 11.5 Å². The van der Waals surface area contributed by atoms with Crippen molar-refractivity contribution < 1.29 is 14.3 Å². The van der Waals surface area contributed by atoms with E-state index < -0.39 is 0 Å². The summed E-state index contributed by atoms with van der Waals surface area (Å²) in [5.41, 5.74) is 4.05. The van der Waals surface area contributed by atoms with E-state index in [2.05, 4.69) is 31.4 Å². The van der Waals surface area contributed by atoms with Crippen LogP contribution in [-0.4, -0.2) is 70.8 Å². The van der Waals surface area contributed by atoms with Gasteiger partial charge in [-0.25, -0.2) is 9.78 Å². The lowest BCUT2D eigenvalue weighted by Crippen LogP contribution is -2.51. The normalized spacial score (nSPS) is 17.8. The van der Waals surface area contributed by atoms with Crippen molar-refractivity contribution in [3.05, 3.63) is 30.1 Å². The highest BCUT2D eigenvalue weighted by atomic mass is 32.1. The Morgan fingerprint density at radius 3 is 2.79 bits per heavy atom. The topological polar surface area (TPSA) is 83.6 Å². The van der Waals surface area contributed by atoms with Gasteiger partial charge in [-0.1, -0.05) is 0 Å². The summed E-state index contributed by atoms with van der Waals surface area (Å²) in [6.45, 7) is 5.81. The number of aromatic nitrogens is 3. The monoisotopic (exact) mass is 399 g/mol. The van der Waals surface area contributed by atoms with E-state index in [4.69, 9.17) is 9.47 Å². The number of anilines is 1. The predicted octanol–water partition coefficient (Wildman–Crippen LogP) is 2.65. The molecular formula is C19H21N5O3S. The van der Waals surface area contributed by atoms with Gasteiger partial charge in [-0.2, -0.15) is 4.37 Å². The van der Waals surface area contributed by atoms with Crippen LogP contribution in [0.15, 0.2) is 24.4 Å². The maximum Gasteiger partial charge on any atom is 0.410 e. The van der Waals surface area contributed by atoms with Gasteiger partial charge in [0.05, 0.1) is 29.5 Å². The number of carbonyl (C=O) groups excluding carboxylic acids is 1. The number of rotatable bonds is 3. The fourth-order valence-electron chi connectivity index (χ4n) is 3.54. The molecule has 3 aromatic rings. The molecular weight excluding hydrogens is 378 g/mol. The standard InChI is InChI=1S/C19H21N5O3S/c1-12-8-17(28-22-12)15-9-14-16(2-3-20-18(14)21-15)23-4-6-24(7-5-23)19(25)27-13-10-26-11-13/h2-3,8-9,13H,4-7,10-11H2,1H3,(H,20,21). The first-order valence-corrected chi connectivity index (χ1v) is 10.1. The number of aryl methyl sites for hydroxylation is 1. The number of hydrogen-bond acceptors (Lipinski definition) is 7. The summed E-state index contributed by atoms with van der Waals surface area (Å²) < 4.78 is 14.8. The van der Waals surface area contributed by atoms with Gasteiger partial charge < -0.3 is 24.3 Å². The Hall–Kier alpha value is -2.65. The van der Waals surface area contributed by atoms with Gasteiger partial charge in [-0.3, -0.25) is 0 Å². The molecule has 5 rings (SSSR count). The number of nitrogens with one attached hydrogen (secondary N) is 1. The number of aromatic amines is 1. The van der Waals surface area contributed by atoms with Crippen LogP contribution in [0.3, 0.4) is 0 Å². The van der Waals surface area contributed by atoms with Gasteiger partial charge in [-0.15, -0.1) is 0 Å². The number of fused-ring (bicyclic) bond motifs is 1. The largest absolute Gasteiger partial charge is 0.441 e. The number of piperazine rings is 1. The Bertz CT molecular complexity index is 1000. The third-order valence-corrected chi connectivity index (χ3v) is 6.07. The van der Waals surface area contributed by atoms with Crippen LogP contribution in [0, 0.1) is 6.92 Å². The second kappa shape index (κ2) is 7.06. The number of carbonyl (C=O) groups is 1. The summed E-state index contributed by atoms with van der Waals surface area (Å²) in [6, 6.07) is 6.26. The molecule has 3 aromatic heterocycles. The molecule has 2 aliphatic heterocycles. The second-order valence-corrected chi connectivity index (χ2v) is 7.93. The van der Waals surface area contributed by atoms with E-state index in [9.17, 15) is 4.79 Å². The lowest BCUT2D eigenvalue weighted by molar-refractivity contribution is -0.104. The zero-order chi connectivity index (χ0) is 19.1. The van der Waals surface area contributed by atoms with Crippen LogP contribution in [0.5, 0.6) is 0 Å². The molecule has 146 valence electrons. The molecule has 2 fully saturated rings. The van der Waals surface area contributed by atoms with Gasteiger partial charge >= 0.3 is 6.09 Å². The summed E-state index contributed by atoms with van der Waals surface area (Å²) >= 11 is 1.48. The van der Waals surface area contributed by atoms with Crippen LogP contribution in [0.2, 0.25) is 0 Å². The first-order chi connectivity index (χ1) is 13.7. The van der Waals surface area contributed by atoms with Crippen LogP contribution >= 0.6 is 11.5 Å². The third kappa shape index (κ3) is 3.20. The van der Waals surface area contributed by atoms with Crippen LogP contribution in [0.1, 0.15) is 5.69 Å². The molecule has 2 aliphatic rings. The SMILES string of the molecule is Cc1cc(-c2cc3c(N4CCN(C(=O)OC5COC5)CC4)ccnc3[nH]2)sn1. The number of ether oxygens (including phenoxy) is 2. The molecule has 0 spiro atoms. The van der Waals surface area contributed by atoms with E-state index in [0.29, 0.717) is 26.3 Å². The fraction of sp³-hybridized carbons (Fsp3) is 0.421. The first-order valence-electron chi connectivity index (χ1n) is 9.37. The molecule has 0 atom stereocenters. The van der Waals surface area contributed by atoms with E-state index in [1.807, 2.05) is 19.2 Å². The molecule has 5 heterocycles. The number of hydrogen-bond donors (Lipinski definition) is 1. The number of nitrogens with zero attached hydrogens (tertiary/aromatic N) is 4. The van der Waals surface area contributed by atoms with Gasteiger partial charge in [0, 0.05) is 43.4 Å². The van der Waals surface area contributed by atoms with Gasteiger partial charge in [0.15, 0.2) is 6.10 Å². The number of pyridine rings is 1. The smallest absolute Gasteiger partial charge is 0.410 e. The van der Waals surface area contributed by atoms with E-state index in [1.54, 1.807) is 4.90 Å². The molecule has 0 saturated carbocycles. The molecule has 1 amide bonds. The maximum atomic E-state index is 12.2. The molecule has 0 radical (unpaired) electrons. The molecule has 9 heteroatoms. The van der Waals surface area contributed by atoms with E-state index in [0.717, 1.165) is 46.1 Å². The van der Waals surface area contributed by atoms with Crippen molar-refractivity contribution in [3.63, 3.8) is 0 Å². The second-order valence-electron chi connectivity index (χ2n) is 7.13. The summed E-state index contributed by atoms with van der Waals surface area (Å²) in [5.74, 6) is 0. The Morgan fingerprint density at radius 2 is 2.11 bits per heavy atom. The van der Waals surface area contributed by atoms with Crippen molar-refractivity contribution in [2.24, 2.45) is 0 Å². The Morgan fingerprint density at radius 1 is 1.29 bits per heavy atom. The lowest BCUT2D eigenvalue weighted by Gasteiger charge is -2.37. The van der Waals surface area contributed by atoms with E-state index >= 15 is 0 Å². The van der Waals surface area contributed by atoms with Gasteiger partial charge in [-0.05, 0) is 36.7 Å². The van der Waals surface area contributed by atoms with Crippen molar-refractivity contribution >= 4 is 34.3 Å². The van der Waals surface area contributed by atoms with Crippen molar-refractivity contribution in [1.82, 2.24) is 19.2 Å². The van der Waals surface area contributed by atoms with Gasteiger partial charge in [0.2, 0.25) is 0 Å². The summed E-state index contributed by atoms with van der Waals surface area (Å²) in [6.07, 6.45) is 1.50. The highest BCUT2D eigenvalue weighted by molar-refractivity contribution is 7.09. The first kappa shape index (κ1) is 17.4. The Labute approximate surface area is 166 Å². The molecule has 1 N–H and O–H groups in total.